The lowest BCUT2D eigenvalue weighted by Gasteiger charge is -2.31. The van der Waals surface area contributed by atoms with E-state index >= 15 is 0 Å². The van der Waals surface area contributed by atoms with Gasteiger partial charge in [-0.1, -0.05) is 65.3 Å². The van der Waals surface area contributed by atoms with Crippen molar-refractivity contribution in [3.05, 3.63) is 76.3 Å². The number of halogens is 1. The van der Waals surface area contributed by atoms with Crippen molar-refractivity contribution >= 4 is 26.7 Å². The highest BCUT2D eigenvalue weighted by atomic mass is 79.9. The normalized spacial score (nSPS) is 17.1. The Morgan fingerprint density at radius 1 is 1.03 bits per heavy atom. The quantitative estimate of drug-likeness (QED) is 0.398. The van der Waals surface area contributed by atoms with E-state index in [1.807, 2.05) is 6.07 Å². The predicted octanol–water partition coefficient (Wildman–Crippen LogP) is 6.10. The minimum absolute atomic E-state index is 0.628. The van der Waals surface area contributed by atoms with Gasteiger partial charge in [0.15, 0.2) is 0 Å². The van der Waals surface area contributed by atoms with Gasteiger partial charge in [0.2, 0.25) is 0 Å². The van der Waals surface area contributed by atoms with Crippen molar-refractivity contribution in [3.8, 4) is 5.75 Å². The Bertz CT molecular complexity index is 984. The summed E-state index contributed by atoms with van der Waals surface area (Å²) in [6, 6.07) is 22.3. The molecule has 0 radical (unpaired) electrons. The number of nitrogens with zero attached hydrogens (tertiary/aromatic N) is 2. The Hall–Kier alpha value is -1.88. The van der Waals surface area contributed by atoms with Crippen molar-refractivity contribution in [1.82, 2.24) is 9.80 Å². The highest BCUT2D eigenvalue weighted by Gasteiger charge is 2.26. The van der Waals surface area contributed by atoms with Gasteiger partial charge in [0.25, 0.3) is 0 Å². The summed E-state index contributed by atoms with van der Waals surface area (Å²) in [7, 11) is 1.76. The Balaban J connectivity index is 1.64. The van der Waals surface area contributed by atoms with Crippen LogP contribution in [0.2, 0.25) is 0 Å². The molecule has 1 heterocycles. The summed E-state index contributed by atoms with van der Waals surface area (Å²) >= 11 is 3.64. The highest BCUT2D eigenvalue weighted by molar-refractivity contribution is 9.10. The third kappa shape index (κ3) is 4.88. The van der Waals surface area contributed by atoms with Crippen molar-refractivity contribution in [3.63, 3.8) is 0 Å². The van der Waals surface area contributed by atoms with Crippen LogP contribution >= 0.6 is 15.9 Å². The average molecular weight is 467 g/mol. The molecule has 0 aliphatic carbocycles. The van der Waals surface area contributed by atoms with Gasteiger partial charge in [-0.3, -0.25) is 9.80 Å². The van der Waals surface area contributed by atoms with E-state index in [2.05, 4.69) is 87.3 Å². The maximum atomic E-state index is 5.68. The molecule has 0 amide bonds. The molecule has 1 fully saturated rings. The average Bonchev–Trinajstić information content (AvgIpc) is 3.21. The van der Waals surface area contributed by atoms with Crippen molar-refractivity contribution < 1.29 is 4.74 Å². The molecule has 0 bridgehead atoms. The summed E-state index contributed by atoms with van der Waals surface area (Å²) in [5.74, 6) is 0.958. The number of benzene rings is 3. The third-order valence-electron chi connectivity index (χ3n) is 6.28. The van der Waals surface area contributed by atoms with E-state index in [0.717, 1.165) is 36.4 Å². The predicted molar refractivity (Wildman–Crippen MR) is 129 cm³/mol. The molecule has 30 heavy (non-hydrogen) atoms. The molecule has 3 aromatic rings. The van der Waals surface area contributed by atoms with Gasteiger partial charge in [0.1, 0.15) is 5.75 Å². The van der Waals surface area contributed by atoms with Gasteiger partial charge in [-0.15, -0.1) is 0 Å². The standard InChI is InChI=1S/C26H31BrN2O/c1-3-29-15-7-11-24(29)19-28(18-22-16-23(27)13-14-26(22)30-2)17-21-10-6-9-20-8-4-5-12-25(20)21/h4-6,8-10,12-14,16,24H,3,7,11,15,17-19H2,1-2H3. The summed E-state index contributed by atoms with van der Waals surface area (Å²) in [6.07, 6.45) is 2.59. The zero-order valence-corrected chi connectivity index (χ0v) is 19.6. The SMILES string of the molecule is CCN1CCCC1CN(Cc1cc(Br)ccc1OC)Cc1cccc2ccccc12. The fraction of sp³-hybridized carbons (Fsp3) is 0.385. The van der Waals surface area contributed by atoms with Crippen molar-refractivity contribution in [1.29, 1.82) is 0 Å². The number of hydrogen-bond donors (Lipinski definition) is 0. The summed E-state index contributed by atoms with van der Waals surface area (Å²) in [6.45, 7) is 7.53. The van der Waals surface area contributed by atoms with E-state index in [4.69, 9.17) is 4.74 Å². The molecule has 4 rings (SSSR count). The van der Waals surface area contributed by atoms with E-state index in [-0.39, 0.29) is 0 Å². The first-order valence-electron chi connectivity index (χ1n) is 10.9. The Kier molecular flexibility index (Phi) is 7.08. The molecule has 1 atom stereocenters. The molecular formula is C26H31BrN2O. The van der Waals surface area contributed by atoms with Crippen molar-refractivity contribution in [2.45, 2.75) is 38.9 Å². The lowest BCUT2D eigenvalue weighted by Crippen LogP contribution is -2.39. The van der Waals surface area contributed by atoms with Gasteiger partial charge in [-0.25, -0.2) is 0 Å². The second-order valence-corrected chi connectivity index (χ2v) is 9.10. The van der Waals surface area contributed by atoms with E-state index in [9.17, 15) is 0 Å². The van der Waals surface area contributed by atoms with Crippen LogP contribution in [0.3, 0.4) is 0 Å². The molecule has 1 aliphatic heterocycles. The fourth-order valence-electron chi connectivity index (χ4n) is 4.78. The maximum Gasteiger partial charge on any atom is 0.123 e. The van der Waals surface area contributed by atoms with Crippen LogP contribution in [0, 0.1) is 0 Å². The van der Waals surface area contributed by atoms with Gasteiger partial charge in [-0.05, 0) is 60.5 Å². The third-order valence-corrected chi connectivity index (χ3v) is 6.78. The Morgan fingerprint density at radius 3 is 2.67 bits per heavy atom. The lowest BCUT2D eigenvalue weighted by atomic mass is 10.0. The molecule has 3 aromatic carbocycles. The molecule has 0 spiro atoms. The van der Waals surface area contributed by atoms with Crippen molar-refractivity contribution in [2.75, 3.05) is 26.7 Å². The zero-order valence-electron chi connectivity index (χ0n) is 18.0. The van der Waals surface area contributed by atoms with Crippen LogP contribution in [-0.2, 0) is 13.1 Å². The van der Waals surface area contributed by atoms with Crippen LogP contribution < -0.4 is 4.74 Å². The first-order chi connectivity index (χ1) is 14.7. The lowest BCUT2D eigenvalue weighted by molar-refractivity contribution is 0.165. The minimum Gasteiger partial charge on any atom is -0.496 e. The topological polar surface area (TPSA) is 15.7 Å². The summed E-state index contributed by atoms with van der Waals surface area (Å²) in [4.78, 5) is 5.24. The van der Waals surface area contributed by atoms with Gasteiger partial charge >= 0.3 is 0 Å². The summed E-state index contributed by atoms with van der Waals surface area (Å²) in [5, 5.41) is 2.66. The maximum absolute atomic E-state index is 5.68. The largest absolute Gasteiger partial charge is 0.496 e. The van der Waals surface area contributed by atoms with Crippen LogP contribution in [0.15, 0.2) is 65.1 Å². The molecule has 1 aliphatic rings. The number of ether oxygens (including phenoxy) is 1. The molecule has 158 valence electrons. The second-order valence-electron chi connectivity index (χ2n) is 8.19. The van der Waals surface area contributed by atoms with Crippen LogP contribution in [0.4, 0.5) is 0 Å². The first-order valence-corrected chi connectivity index (χ1v) is 11.7. The van der Waals surface area contributed by atoms with E-state index in [0.29, 0.717) is 6.04 Å². The molecular weight excluding hydrogens is 436 g/mol. The van der Waals surface area contributed by atoms with E-state index < -0.39 is 0 Å². The monoisotopic (exact) mass is 466 g/mol. The van der Waals surface area contributed by atoms with E-state index in [1.165, 1.54) is 41.3 Å². The highest BCUT2D eigenvalue weighted by Crippen LogP contribution is 2.28. The number of hydrogen-bond acceptors (Lipinski definition) is 3. The summed E-state index contributed by atoms with van der Waals surface area (Å²) < 4.78 is 6.77. The molecule has 4 heteroatoms. The van der Waals surface area contributed by atoms with Crippen LogP contribution in [0.25, 0.3) is 10.8 Å². The van der Waals surface area contributed by atoms with Crippen LogP contribution in [0.1, 0.15) is 30.9 Å². The molecule has 1 saturated heterocycles. The van der Waals surface area contributed by atoms with Gasteiger partial charge in [-0.2, -0.15) is 0 Å². The molecule has 0 saturated carbocycles. The minimum atomic E-state index is 0.628. The Morgan fingerprint density at radius 2 is 1.83 bits per heavy atom. The van der Waals surface area contributed by atoms with E-state index in [1.54, 1.807) is 7.11 Å². The first kappa shape index (κ1) is 21.4. The molecule has 0 aromatic heterocycles. The van der Waals surface area contributed by atoms with Crippen LogP contribution in [0.5, 0.6) is 5.75 Å². The molecule has 1 unspecified atom stereocenters. The number of fused-ring (bicyclic) bond motifs is 1. The van der Waals surface area contributed by atoms with Gasteiger partial charge in [0, 0.05) is 35.7 Å². The number of likely N-dealkylation sites (N-methyl/N-ethyl adjacent to an activating group) is 1. The van der Waals surface area contributed by atoms with Crippen LogP contribution in [-0.4, -0.2) is 42.6 Å². The van der Waals surface area contributed by atoms with Gasteiger partial charge in [0.05, 0.1) is 7.11 Å². The molecule has 0 N–H and O–H groups in total. The Labute approximate surface area is 188 Å². The number of methoxy groups -OCH3 is 1. The second kappa shape index (κ2) is 9.95. The zero-order chi connectivity index (χ0) is 20.9. The van der Waals surface area contributed by atoms with Crippen molar-refractivity contribution in [2.24, 2.45) is 0 Å². The molecule has 3 nitrogen and oxygen atoms in total. The number of likely N-dealkylation sites (tertiary alicyclic amines) is 1. The van der Waals surface area contributed by atoms with Gasteiger partial charge < -0.3 is 4.74 Å². The fourth-order valence-corrected chi connectivity index (χ4v) is 5.19. The summed E-state index contributed by atoms with van der Waals surface area (Å²) in [5.41, 5.74) is 2.62. The number of rotatable bonds is 8. The smallest absolute Gasteiger partial charge is 0.123 e.